The second-order valence-corrected chi connectivity index (χ2v) is 13.0. The minimum Gasteiger partial charge on any atom is -0.437 e. The molecule has 236 valence electrons. The van der Waals surface area contributed by atoms with Crippen LogP contribution >= 0.6 is 0 Å². The van der Waals surface area contributed by atoms with Crippen LogP contribution in [-0.4, -0.2) is 14.5 Å². The molecule has 0 spiro atoms. The van der Waals surface area contributed by atoms with Crippen LogP contribution < -0.4 is 0 Å². The zero-order chi connectivity index (χ0) is 33.2. The number of rotatable bonds is 4. The van der Waals surface area contributed by atoms with Crippen LogP contribution in [0.3, 0.4) is 0 Å². The maximum atomic E-state index is 13.6. The molecular formula is C41H30F3N3O. The highest BCUT2D eigenvalue weighted by molar-refractivity contribution is 6.09. The molecule has 0 N–H and O–H groups in total. The van der Waals surface area contributed by atoms with Gasteiger partial charge in [-0.25, -0.2) is 9.97 Å². The monoisotopic (exact) mass is 637 g/mol. The molecule has 3 heterocycles. The molecule has 0 fully saturated rings. The Morgan fingerprint density at radius 2 is 1.23 bits per heavy atom. The summed E-state index contributed by atoms with van der Waals surface area (Å²) in [6.07, 6.45) is -4.59. The Balaban J connectivity index is 1.51. The molecule has 0 saturated carbocycles. The van der Waals surface area contributed by atoms with Crippen molar-refractivity contribution in [1.82, 2.24) is 14.5 Å². The lowest BCUT2D eigenvalue weighted by atomic mass is 9.82. The van der Waals surface area contributed by atoms with Crippen LogP contribution in [0, 0.1) is 0 Å². The SMILES string of the molecule is CC(C)(C)c1cc(-c2ccccc2)c(-n2c(-c3cccc4c3oc3nc(C(F)(F)F)ccc34)nc3ccccc32)c(-c2ccccc2)c1. The molecule has 0 aliphatic heterocycles. The second-order valence-electron chi connectivity index (χ2n) is 13.0. The summed E-state index contributed by atoms with van der Waals surface area (Å²) in [5, 5.41) is 1.17. The number of fused-ring (bicyclic) bond motifs is 4. The number of furan rings is 1. The first-order chi connectivity index (χ1) is 23.1. The van der Waals surface area contributed by atoms with Gasteiger partial charge >= 0.3 is 6.18 Å². The Kier molecular flexibility index (Phi) is 6.77. The molecule has 0 atom stereocenters. The van der Waals surface area contributed by atoms with Crippen molar-refractivity contribution >= 4 is 33.1 Å². The highest BCUT2D eigenvalue weighted by Gasteiger charge is 2.33. The van der Waals surface area contributed by atoms with Gasteiger partial charge in [-0.15, -0.1) is 0 Å². The predicted octanol–water partition coefficient (Wildman–Crippen LogP) is 11.6. The van der Waals surface area contributed by atoms with Gasteiger partial charge in [0.15, 0.2) is 0 Å². The van der Waals surface area contributed by atoms with Gasteiger partial charge in [0, 0.05) is 21.9 Å². The maximum Gasteiger partial charge on any atom is 0.433 e. The van der Waals surface area contributed by atoms with E-state index < -0.39 is 11.9 Å². The van der Waals surface area contributed by atoms with E-state index in [1.54, 1.807) is 0 Å². The molecule has 3 aromatic heterocycles. The van der Waals surface area contributed by atoms with E-state index in [0.717, 1.165) is 45.0 Å². The minimum atomic E-state index is -4.59. The Morgan fingerprint density at radius 1 is 0.604 bits per heavy atom. The molecule has 0 saturated heterocycles. The predicted molar refractivity (Wildman–Crippen MR) is 186 cm³/mol. The van der Waals surface area contributed by atoms with Gasteiger partial charge in [0.25, 0.3) is 0 Å². The molecule has 0 unspecified atom stereocenters. The number of aromatic nitrogens is 3. The number of para-hydroxylation sites is 3. The van der Waals surface area contributed by atoms with Crippen molar-refractivity contribution in [3.63, 3.8) is 0 Å². The molecule has 48 heavy (non-hydrogen) atoms. The van der Waals surface area contributed by atoms with Gasteiger partial charge in [0.2, 0.25) is 5.71 Å². The van der Waals surface area contributed by atoms with Crippen molar-refractivity contribution in [3.05, 3.63) is 139 Å². The van der Waals surface area contributed by atoms with Gasteiger partial charge in [-0.2, -0.15) is 13.2 Å². The zero-order valence-corrected chi connectivity index (χ0v) is 26.5. The minimum absolute atomic E-state index is 0.0700. The fourth-order valence-corrected chi connectivity index (χ4v) is 6.43. The third-order valence-electron chi connectivity index (χ3n) is 8.83. The third kappa shape index (κ3) is 4.94. The summed E-state index contributed by atoms with van der Waals surface area (Å²) in [6.45, 7) is 6.64. The van der Waals surface area contributed by atoms with Crippen LogP contribution in [0.2, 0.25) is 0 Å². The first-order valence-electron chi connectivity index (χ1n) is 15.7. The van der Waals surface area contributed by atoms with Gasteiger partial charge < -0.3 is 4.42 Å². The lowest BCUT2D eigenvalue weighted by Crippen LogP contribution is -2.13. The molecule has 0 bridgehead atoms. The number of hydrogen-bond acceptors (Lipinski definition) is 3. The number of halogens is 3. The van der Waals surface area contributed by atoms with E-state index in [-0.39, 0.29) is 11.1 Å². The van der Waals surface area contributed by atoms with E-state index in [4.69, 9.17) is 9.40 Å². The first kappa shape index (κ1) is 29.7. The molecule has 4 nitrogen and oxygen atoms in total. The number of alkyl halides is 3. The molecule has 0 aliphatic carbocycles. The summed E-state index contributed by atoms with van der Waals surface area (Å²) < 4.78 is 49.2. The van der Waals surface area contributed by atoms with Crippen molar-refractivity contribution in [3.8, 4) is 39.3 Å². The van der Waals surface area contributed by atoms with Crippen molar-refractivity contribution in [1.29, 1.82) is 0 Å². The average molecular weight is 638 g/mol. The topological polar surface area (TPSA) is 43.9 Å². The Bertz CT molecular complexity index is 2410. The summed E-state index contributed by atoms with van der Waals surface area (Å²) in [5.41, 5.74) is 7.78. The Hall–Kier alpha value is -5.69. The molecular weight excluding hydrogens is 607 g/mol. The van der Waals surface area contributed by atoms with Crippen LogP contribution in [0.1, 0.15) is 32.0 Å². The molecule has 5 aromatic carbocycles. The number of benzene rings is 5. The van der Waals surface area contributed by atoms with Gasteiger partial charge in [0.05, 0.1) is 22.3 Å². The highest BCUT2D eigenvalue weighted by atomic mass is 19.4. The second kappa shape index (κ2) is 10.9. The lowest BCUT2D eigenvalue weighted by Gasteiger charge is -2.26. The summed E-state index contributed by atoms with van der Waals surface area (Å²) in [6, 6.07) is 41.2. The number of nitrogens with zero attached hydrogens (tertiary/aromatic N) is 3. The molecule has 0 amide bonds. The van der Waals surface area contributed by atoms with E-state index >= 15 is 0 Å². The molecule has 8 rings (SSSR count). The average Bonchev–Trinajstić information content (AvgIpc) is 3.66. The van der Waals surface area contributed by atoms with Crippen LogP contribution in [0.25, 0.3) is 72.4 Å². The van der Waals surface area contributed by atoms with E-state index in [0.29, 0.717) is 27.7 Å². The number of pyridine rings is 1. The van der Waals surface area contributed by atoms with E-state index in [1.807, 2.05) is 78.9 Å². The van der Waals surface area contributed by atoms with Gasteiger partial charge in [0.1, 0.15) is 17.1 Å². The molecule has 7 heteroatoms. The van der Waals surface area contributed by atoms with Crippen molar-refractivity contribution in [2.75, 3.05) is 0 Å². The van der Waals surface area contributed by atoms with E-state index in [1.165, 1.54) is 11.6 Å². The normalized spacial score (nSPS) is 12.4. The standard InChI is InChI=1S/C41H30F3N3O/c1-40(2,3)27-23-31(25-13-6-4-7-14-25)36(32(24-27)26-15-8-5-9-16-26)47-34-20-11-10-19-33(34)45-38(47)30-18-12-17-28-29-21-22-35(41(42,43)44)46-39(29)48-37(28)30/h4-24H,1-3H3. The summed E-state index contributed by atoms with van der Waals surface area (Å²) in [7, 11) is 0. The van der Waals surface area contributed by atoms with Crippen LogP contribution in [0.15, 0.2) is 132 Å². The fourth-order valence-electron chi connectivity index (χ4n) is 6.43. The number of imidazole rings is 1. The van der Waals surface area contributed by atoms with Gasteiger partial charge in [-0.3, -0.25) is 4.57 Å². The van der Waals surface area contributed by atoms with Crippen molar-refractivity contribution in [2.24, 2.45) is 0 Å². The first-order valence-corrected chi connectivity index (χ1v) is 15.7. The molecule has 8 aromatic rings. The van der Waals surface area contributed by atoms with Gasteiger partial charge in [-0.1, -0.05) is 106 Å². The number of hydrogen-bond donors (Lipinski definition) is 0. The van der Waals surface area contributed by atoms with E-state index in [9.17, 15) is 13.2 Å². The smallest absolute Gasteiger partial charge is 0.433 e. The highest BCUT2D eigenvalue weighted by Crippen LogP contribution is 2.45. The van der Waals surface area contributed by atoms with Crippen LogP contribution in [-0.2, 0) is 11.6 Å². The largest absolute Gasteiger partial charge is 0.437 e. The van der Waals surface area contributed by atoms with Crippen LogP contribution in [0.4, 0.5) is 13.2 Å². The maximum absolute atomic E-state index is 13.6. The summed E-state index contributed by atoms with van der Waals surface area (Å²) >= 11 is 0. The Labute approximate surface area is 275 Å². The van der Waals surface area contributed by atoms with Crippen molar-refractivity contribution in [2.45, 2.75) is 32.4 Å². The zero-order valence-electron chi connectivity index (χ0n) is 26.5. The lowest BCUT2D eigenvalue weighted by molar-refractivity contribution is -0.141. The molecule has 0 aliphatic rings. The van der Waals surface area contributed by atoms with Crippen LogP contribution in [0.5, 0.6) is 0 Å². The molecule has 0 radical (unpaired) electrons. The summed E-state index contributed by atoms with van der Waals surface area (Å²) in [4.78, 5) is 9.04. The quantitative estimate of drug-likeness (QED) is 0.193. The van der Waals surface area contributed by atoms with Crippen molar-refractivity contribution < 1.29 is 17.6 Å². The van der Waals surface area contributed by atoms with E-state index in [2.05, 4.69) is 66.7 Å². The Morgan fingerprint density at radius 3 is 1.85 bits per heavy atom. The fraction of sp³-hybridized carbons (Fsp3) is 0.122. The van der Waals surface area contributed by atoms with Gasteiger partial charge in [-0.05, 0) is 64.6 Å². The summed E-state index contributed by atoms with van der Waals surface area (Å²) in [5.74, 6) is 0.606. The third-order valence-corrected chi connectivity index (χ3v) is 8.83.